The molecule has 3 nitrogen and oxygen atoms in total. The first-order valence-corrected chi connectivity index (χ1v) is 5.91. The predicted molar refractivity (Wildman–Crippen MR) is 67.2 cm³/mol. The first kappa shape index (κ1) is 11.1. The van der Waals surface area contributed by atoms with Crippen LogP contribution in [0.2, 0.25) is 0 Å². The Balaban J connectivity index is 2.49. The van der Waals surface area contributed by atoms with Crippen molar-refractivity contribution in [1.82, 2.24) is 9.55 Å². The van der Waals surface area contributed by atoms with E-state index in [0.29, 0.717) is 6.54 Å². The SMILES string of the molecule is CCCCc1nc2c(CN)cccc2n1C. The van der Waals surface area contributed by atoms with Crippen molar-refractivity contribution in [2.45, 2.75) is 32.7 Å². The van der Waals surface area contributed by atoms with Gasteiger partial charge in [-0.3, -0.25) is 0 Å². The van der Waals surface area contributed by atoms with Crippen molar-refractivity contribution in [1.29, 1.82) is 0 Å². The second-order valence-electron chi connectivity index (χ2n) is 4.18. The Labute approximate surface area is 96.3 Å². The molecule has 86 valence electrons. The van der Waals surface area contributed by atoms with Crippen LogP contribution >= 0.6 is 0 Å². The fourth-order valence-corrected chi connectivity index (χ4v) is 2.04. The summed E-state index contributed by atoms with van der Waals surface area (Å²) in [4.78, 5) is 4.70. The smallest absolute Gasteiger partial charge is 0.109 e. The van der Waals surface area contributed by atoms with E-state index in [9.17, 15) is 0 Å². The number of nitrogens with two attached hydrogens (primary N) is 1. The van der Waals surface area contributed by atoms with Crippen molar-refractivity contribution in [2.75, 3.05) is 0 Å². The van der Waals surface area contributed by atoms with Crippen molar-refractivity contribution in [3.05, 3.63) is 29.6 Å². The van der Waals surface area contributed by atoms with E-state index in [4.69, 9.17) is 10.7 Å². The van der Waals surface area contributed by atoms with Gasteiger partial charge in [0.15, 0.2) is 0 Å². The second kappa shape index (κ2) is 4.66. The maximum atomic E-state index is 5.73. The zero-order valence-electron chi connectivity index (χ0n) is 10.0. The fraction of sp³-hybridized carbons (Fsp3) is 0.462. The predicted octanol–water partition coefficient (Wildman–Crippen LogP) is 2.37. The van der Waals surface area contributed by atoms with Gasteiger partial charge in [-0.1, -0.05) is 25.5 Å². The third-order valence-electron chi connectivity index (χ3n) is 3.06. The molecule has 0 saturated heterocycles. The number of imidazole rings is 1. The topological polar surface area (TPSA) is 43.8 Å². The quantitative estimate of drug-likeness (QED) is 0.854. The van der Waals surface area contributed by atoms with E-state index in [1.54, 1.807) is 0 Å². The Kier molecular flexibility index (Phi) is 3.25. The maximum absolute atomic E-state index is 5.73. The Hall–Kier alpha value is -1.35. The highest BCUT2D eigenvalue weighted by Gasteiger charge is 2.09. The molecule has 2 rings (SSSR count). The van der Waals surface area contributed by atoms with Gasteiger partial charge in [0.25, 0.3) is 0 Å². The van der Waals surface area contributed by atoms with Gasteiger partial charge in [-0.25, -0.2) is 4.98 Å². The highest BCUT2D eigenvalue weighted by molar-refractivity contribution is 5.79. The van der Waals surface area contributed by atoms with Gasteiger partial charge in [0, 0.05) is 20.0 Å². The molecular formula is C13H19N3. The van der Waals surface area contributed by atoms with Crippen LogP contribution in [0, 0.1) is 0 Å². The summed E-state index contributed by atoms with van der Waals surface area (Å²) in [6, 6.07) is 6.21. The maximum Gasteiger partial charge on any atom is 0.109 e. The minimum atomic E-state index is 0.557. The number of hydrogen-bond donors (Lipinski definition) is 1. The number of unbranched alkanes of at least 4 members (excludes halogenated alkanes) is 1. The minimum Gasteiger partial charge on any atom is -0.331 e. The molecule has 0 aliphatic rings. The van der Waals surface area contributed by atoms with E-state index in [1.807, 2.05) is 0 Å². The number of aryl methyl sites for hydroxylation is 2. The molecule has 2 N–H and O–H groups in total. The van der Waals surface area contributed by atoms with E-state index in [1.165, 1.54) is 18.4 Å². The molecule has 0 spiro atoms. The van der Waals surface area contributed by atoms with Gasteiger partial charge in [0.2, 0.25) is 0 Å². The van der Waals surface area contributed by atoms with Gasteiger partial charge in [0.1, 0.15) is 5.82 Å². The Morgan fingerprint density at radius 1 is 1.38 bits per heavy atom. The third-order valence-corrected chi connectivity index (χ3v) is 3.06. The van der Waals surface area contributed by atoms with E-state index in [0.717, 1.165) is 23.3 Å². The molecule has 2 aromatic rings. The van der Waals surface area contributed by atoms with Gasteiger partial charge in [-0.15, -0.1) is 0 Å². The molecule has 1 aromatic carbocycles. The van der Waals surface area contributed by atoms with Gasteiger partial charge < -0.3 is 10.3 Å². The Morgan fingerprint density at radius 2 is 2.19 bits per heavy atom. The van der Waals surface area contributed by atoms with Crippen molar-refractivity contribution < 1.29 is 0 Å². The molecule has 0 saturated carbocycles. The van der Waals surface area contributed by atoms with Crippen LogP contribution in [0.25, 0.3) is 11.0 Å². The zero-order valence-corrected chi connectivity index (χ0v) is 10.0. The molecule has 0 atom stereocenters. The lowest BCUT2D eigenvalue weighted by Gasteiger charge is -2.00. The molecule has 0 aliphatic carbocycles. The number of rotatable bonds is 4. The molecule has 0 radical (unpaired) electrons. The lowest BCUT2D eigenvalue weighted by atomic mass is 10.2. The van der Waals surface area contributed by atoms with E-state index >= 15 is 0 Å². The summed E-state index contributed by atoms with van der Waals surface area (Å²) >= 11 is 0. The summed E-state index contributed by atoms with van der Waals surface area (Å²) < 4.78 is 2.18. The molecule has 0 bridgehead atoms. The number of fused-ring (bicyclic) bond motifs is 1. The van der Waals surface area contributed by atoms with Crippen molar-refractivity contribution in [3.63, 3.8) is 0 Å². The van der Waals surface area contributed by atoms with Gasteiger partial charge in [0.05, 0.1) is 11.0 Å². The first-order valence-electron chi connectivity index (χ1n) is 5.91. The van der Waals surface area contributed by atoms with Crippen molar-refractivity contribution >= 4 is 11.0 Å². The first-order chi connectivity index (χ1) is 7.77. The van der Waals surface area contributed by atoms with Gasteiger partial charge >= 0.3 is 0 Å². The standard InChI is InChI=1S/C13H19N3/c1-3-4-8-12-15-13-10(9-14)6-5-7-11(13)16(12)2/h5-7H,3-4,8-9,14H2,1-2H3. The zero-order chi connectivity index (χ0) is 11.5. The van der Waals surface area contributed by atoms with Crippen LogP contribution in [0.4, 0.5) is 0 Å². The van der Waals surface area contributed by atoms with Crippen LogP contribution in [0.15, 0.2) is 18.2 Å². The largest absolute Gasteiger partial charge is 0.331 e. The van der Waals surface area contributed by atoms with E-state index in [2.05, 4.69) is 36.7 Å². The molecule has 0 unspecified atom stereocenters. The van der Waals surface area contributed by atoms with Crippen LogP contribution in [-0.2, 0) is 20.0 Å². The number of aromatic nitrogens is 2. The molecule has 3 heteroatoms. The van der Waals surface area contributed by atoms with Crippen molar-refractivity contribution in [3.8, 4) is 0 Å². The lowest BCUT2D eigenvalue weighted by molar-refractivity contribution is 0.720. The highest BCUT2D eigenvalue weighted by Crippen LogP contribution is 2.19. The van der Waals surface area contributed by atoms with E-state index < -0.39 is 0 Å². The lowest BCUT2D eigenvalue weighted by Crippen LogP contribution is -1.97. The number of para-hydroxylation sites is 1. The fourth-order valence-electron chi connectivity index (χ4n) is 2.04. The number of hydrogen-bond acceptors (Lipinski definition) is 2. The average molecular weight is 217 g/mol. The number of nitrogens with zero attached hydrogens (tertiary/aromatic N) is 2. The molecule has 1 heterocycles. The molecular weight excluding hydrogens is 198 g/mol. The van der Waals surface area contributed by atoms with Gasteiger partial charge in [-0.2, -0.15) is 0 Å². The van der Waals surface area contributed by atoms with Crippen LogP contribution in [0.3, 0.4) is 0 Å². The summed E-state index contributed by atoms with van der Waals surface area (Å²) in [5.74, 6) is 1.16. The molecule has 0 aliphatic heterocycles. The minimum absolute atomic E-state index is 0.557. The van der Waals surface area contributed by atoms with Crippen LogP contribution in [0.1, 0.15) is 31.2 Å². The van der Waals surface area contributed by atoms with Crippen LogP contribution < -0.4 is 5.73 Å². The summed E-state index contributed by atoms with van der Waals surface area (Å²) in [5.41, 5.74) is 9.12. The number of benzene rings is 1. The summed E-state index contributed by atoms with van der Waals surface area (Å²) in [7, 11) is 2.08. The highest BCUT2D eigenvalue weighted by atomic mass is 15.1. The summed E-state index contributed by atoms with van der Waals surface area (Å²) in [6.07, 6.45) is 3.44. The summed E-state index contributed by atoms with van der Waals surface area (Å²) in [6.45, 7) is 2.76. The molecule has 1 aromatic heterocycles. The molecule has 0 amide bonds. The molecule has 0 fully saturated rings. The molecule has 16 heavy (non-hydrogen) atoms. The Morgan fingerprint density at radius 3 is 2.88 bits per heavy atom. The average Bonchev–Trinajstić information content (AvgIpc) is 2.64. The third kappa shape index (κ3) is 1.83. The van der Waals surface area contributed by atoms with Gasteiger partial charge in [-0.05, 0) is 18.1 Å². The second-order valence-corrected chi connectivity index (χ2v) is 4.18. The normalized spacial score (nSPS) is 11.2. The Bertz CT molecular complexity index is 485. The van der Waals surface area contributed by atoms with Crippen LogP contribution in [-0.4, -0.2) is 9.55 Å². The summed E-state index contributed by atoms with van der Waals surface area (Å²) in [5, 5.41) is 0. The van der Waals surface area contributed by atoms with Crippen molar-refractivity contribution in [2.24, 2.45) is 12.8 Å². The monoisotopic (exact) mass is 217 g/mol. The van der Waals surface area contributed by atoms with E-state index in [-0.39, 0.29) is 0 Å². The van der Waals surface area contributed by atoms with Crippen LogP contribution in [0.5, 0.6) is 0 Å².